The SMILES string of the molecule is CNC(Cc1nc(C)cs1)c1c(F)ccc(Br)c1F. The van der Waals surface area contributed by atoms with Gasteiger partial charge in [-0.15, -0.1) is 11.3 Å². The van der Waals surface area contributed by atoms with Gasteiger partial charge < -0.3 is 5.32 Å². The fraction of sp³-hybridized carbons (Fsp3) is 0.308. The van der Waals surface area contributed by atoms with Crippen LogP contribution in [0.2, 0.25) is 0 Å². The summed E-state index contributed by atoms with van der Waals surface area (Å²) < 4.78 is 28.2. The van der Waals surface area contributed by atoms with Crippen LogP contribution in [0.15, 0.2) is 22.0 Å². The molecular formula is C13H13BrF2N2S. The summed E-state index contributed by atoms with van der Waals surface area (Å²) in [4.78, 5) is 4.33. The van der Waals surface area contributed by atoms with Crippen molar-refractivity contribution in [3.63, 3.8) is 0 Å². The minimum Gasteiger partial charge on any atom is -0.312 e. The van der Waals surface area contributed by atoms with Crippen LogP contribution >= 0.6 is 27.3 Å². The molecule has 0 aliphatic carbocycles. The van der Waals surface area contributed by atoms with Crippen LogP contribution in [0.1, 0.15) is 22.3 Å². The molecule has 102 valence electrons. The van der Waals surface area contributed by atoms with E-state index in [2.05, 4.69) is 26.2 Å². The Hall–Kier alpha value is -0.850. The van der Waals surface area contributed by atoms with E-state index in [9.17, 15) is 8.78 Å². The van der Waals surface area contributed by atoms with Crippen LogP contribution in [0.5, 0.6) is 0 Å². The first-order valence-corrected chi connectivity index (χ1v) is 7.42. The summed E-state index contributed by atoms with van der Waals surface area (Å²) in [7, 11) is 1.69. The van der Waals surface area contributed by atoms with Gasteiger partial charge in [0.2, 0.25) is 0 Å². The summed E-state index contributed by atoms with van der Waals surface area (Å²) in [6.45, 7) is 1.90. The largest absolute Gasteiger partial charge is 0.312 e. The minimum atomic E-state index is -0.562. The second-order valence-electron chi connectivity index (χ2n) is 4.18. The molecule has 2 nitrogen and oxygen atoms in total. The maximum Gasteiger partial charge on any atom is 0.145 e. The van der Waals surface area contributed by atoms with Gasteiger partial charge in [0.1, 0.15) is 11.6 Å². The summed E-state index contributed by atoms with van der Waals surface area (Å²) in [6.07, 6.45) is 0.458. The average Bonchev–Trinajstić information content (AvgIpc) is 2.78. The third-order valence-corrected chi connectivity index (χ3v) is 4.42. The van der Waals surface area contributed by atoms with Crippen molar-refractivity contribution in [2.75, 3.05) is 7.05 Å². The zero-order valence-electron chi connectivity index (χ0n) is 10.5. The molecule has 1 aromatic heterocycles. The van der Waals surface area contributed by atoms with Crippen LogP contribution in [0.4, 0.5) is 8.78 Å². The molecule has 19 heavy (non-hydrogen) atoms. The Balaban J connectivity index is 2.34. The van der Waals surface area contributed by atoms with E-state index in [1.165, 1.54) is 23.5 Å². The van der Waals surface area contributed by atoms with Gasteiger partial charge in [-0.25, -0.2) is 13.8 Å². The third kappa shape index (κ3) is 3.19. The van der Waals surface area contributed by atoms with Crippen LogP contribution in [0, 0.1) is 18.6 Å². The van der Waals surface area contributed by atoms with Gasteiger partial charge in [-0.2, -0.15) is 0 Å². The molecule has 1 heterocycles. The number of nitrogens with one attached hydrogen (secondary N) is 1. The molecule has 1 atom stereocenters. The fourth-order valence-corrected chi connectivity index (χ4v) is 3.05. The smallest absolute Gasteiger partial charge is 0.145 e. The number of rotatable bonds is 4. The van der Waals surface area contributed by atoms with E-state index in [1.807, 2.05) is 12.3 Å². The predicted molar refractivity (Wildman–Crippen MR) is 76.4 cm³/mol. The van der Waals surface area contributed by atoms with Gasteiger partial charge in [-0.3, -0.25) is 0 Å². The summed E-state index contributed by atoms with van der Waals surface area (Å²) in [5.41, 5.74) is 0.967. The molecule has 1 N–H and O–H groups in total. The molecule has 2 aromatic rings. The van der Waals surface area contributed by atoms with Crippen molar-refractivity contribution < 1.29 is 8.78 Å². The van der Waals surface area contributed by atoms with Crippen LogP contribution in [-0.4, -0.2) is 12.0 Å². The minimum absolute atomic E-state index is 0.0460. The van der Waals surface area contributed by atoms with E-state index < -0.39 is 17.7 Å². The molecule has 0 fully saturated rings. The molecule has 0 saturated heterocycles. The van der Waals surface area contributed by atoms with Crippen molar-refractivity contribution >= 4 is 27.3 Å². The predicted octanol–water partition coefficient (Wildman–Crippen LogP) is 4.00. The van der Waals surface area contributed by atoms with E-state index in [1.54, 1.807) is 7.05 Å². The molecule has 0 aliphatic heterocycles. The van der Waals surface area contributed by atoms with E-state index in [0.29, 0.717) is 6.42 Å². The molecule has 0 amide bonds. The number of hydrogen-bond donors (Lipinski definition) is 1. The second-order valence-corrected chi connectivity index (χ2v) is 5.98. The molecule has 0 bridgehead atoms. The molecule has 1 aromatic carbocycles. The molecule has 0 saturated carbocycles. The lowest BCUT2D eigenvalue weighted by Gasteiger charge is -2.17. The maximum absolute atomic E-state index is 14.1. The van der Waals surface area contributed by atoms with Crippen molar-refractivity contribution in [1.82, 2.24) is 10.3 Å². The number of likely N-dealkylation sites (N-methyl/N-ethyl adjacent to an activating group) is 1. The quantitative estimate of drug-likeness (QED) is 0.846. The summed E-state index contributed by atoms with van der Waals surface area (Å²) >= 11 is 4.58. The van der Waals surface area contributed by atoms with Crippen LogP contribution in [-0.2, 0) is 6.42 Å². The van der Waals surface area contributed by atoms with Crippen molar-refractivity contribution in [3.8, 4) is 0 Å². The van der Waals surface area contributed by atoms with Crippen LogP contribution < -0.4 is 5.32 Å². The van der Waals surface area contributed by atoms with Crippen LogP contribution in [0.3, 0.4) is 0 Å². The normalized spacial score (nSPS) is 12.7. The lowest BCUT2D eigenvalue weighted by Crippen LogP contribution is -2.21. The first kappa shape index (κ1) is 14.6. The van der Waals surface area contributed by atoms with Gasteiger partial charge in [0.25, 0.3) is 0 Å². The lowest BCUT2D eigenvalue weighted by molar-refractivity contribution is 0.486. The van der Waals surface area contributed by atoms with Crippen molar-refractivity contribution in [3.05, 3.63) is 49.9 Å². The number of thiazole rings is 1. The lowest BCUT2D eigenvalue weighted by atomic mass is 10.0. The van der Waals surface area contributed by atoms with Gasteiger partial charge in [0.05, 0.1) is 9.48 Å². The number of hydrogen-bond acceptors (Lipinski definition) is 3. The Morgan fingerprint density at radius 2 is 2.16 bits per heavy atom. The van der Waals surface area contributed by atoms with Crippen molar-refractivity contribution in [2.45, 2.75) is 19.4 Å². The number of benzene rings is 1. The Morgan fingerprint density at radius 1 is 1.42 bits per heavy atom. The van der Waals surface area contributed by atoms with Crippen LogP contribution in [0.25, 0.3) is 0 Å². The Morgan fingerprint density at radius 3 is 2.74 bits per heavy atom. The number of halogens is 3. The monoisotopic (exact) mass is 346 g/mol. The van der Waals surface area contributed by atoms with Gasteiger partial charge in [0, 0.05) is 29.1 Å². The van der Waals surface area contributed by atoms with Gasteiger partial charge in [-0.05, 0) is 42.0 Å². The molecule has 1 unspecified atom stereocenters. The number of nitrogens with zero attached hydrogens (tertiary/aromatic N) is 1. The highest BCUT2D eigenvalue weighted by Crippen LogP contribution is 2.29. The van der Waals surface area contributed by atoms with E-state index in [4.69, 9.17) is 0 Å². The first-order valence-electron chi connectivity index (χ1n) is 5.74. The van der Waals surface area contributed by atoms with Gasteiger partial charge in [0.15, 0.2) is 0 Å². The number of aryl methyl sites for hydroxylation is 1. The Kier molecular flexibility index (Phi) is 4.65. The molecule has 0 aliphatic rings. The summed E-state index contributed by atoms with van der Waals surface area (Å²) in [5, 5.41) is 5.73. The fourth-order valence-electron chi connectivity index (χ4n) is 1.88. The number of aromatic nitrogens is 1. The summed E-state index contributed by atoms with van der Waals surface area (Å²) in [6, 6.07) is 2.19. The second kappa shape index (κ2) is 6.07. The summed E-state index contributed by atoms with van der Waals surface area (Å²) in [5.74, 6) is -1.11. The average molecular weight is 347 g/mol. The zero-order valence-corrected chi connectivity index (χ0v) is 12.9. The standard InChI is InChI=1S/C13H13BrF2N2S/c1-7-6-19-11(18-7)5-10(17-2)12-9(15)4-3-8(14)13(12)16/h3-4,6,10,17H,5H2,1-2H3. The van der Waals surface area contributed by atoms with Gasteiger partial charge in [-0.1, -0.05) is 0 Å². The molecule has 0 radical (unpaired) electrons. The van der Waals surface area contributed by atoms with E-state index in [0.717, 1.165) is 10.7 Å². The zero-order chi connectivity index (χ0) is 14.0. The topological polar surface area (TPSA) is 24.9 Å². The van der Waals surface area contributed by atoms with Crippen molar-refractivity contribution in [2.24, 2.45) is 0 Å². The van der Waals surface area contributed by atoms with Crippen molar-refractivity contribution in [1.29, 1.82) is 0 Å². The molecule has 6 heteroatoms. The van der Waals surface area contributed by atoms with E-state index in [-0.39, 0.29) is 10.0 Å². The maximum atomic E-state index is 14.1. The Bertz CT molecular complexity index is 586. The molecule has 0 spiro atoms. The first-order chi connectivity index (χ1) is 9.02. The Labute approximate surface area is 123 Å². The molecular weight excluding hydrogens is 334 g/mol. The third-order valence-electron chi connectivity index (χ3n) is 2.82. The molecule has 2 rings (SSSR count). The highest BCUT2D eigenvalue weighted by molar-refractivity contribution is 9.10. The van der Waals surface area contributed by atoms with E-state index >= 15 is 0 Å². The highest BCUT2D eigenvalue weighted by atomic mass is 79.9. The highest BCUT2D eigenvalue weighted by Gasteiger charge is 2.22. The van der Waals surface area contributed by atoms with Gasteiger partial charge >= 0.3 is 0 Å².